The highest BCUT2D eigenvalue weighted by Gasteiger charge is 2.41. The van der Waals surface area contributed by atoms with Crippen LogP contribution in [0.25, 0.3) is 0 Å². The first-order valence-electron chi connectivity index (χ1n) is 14.8. The topological polar surface area (TPSA) is 49.4 Å². The van der Waals surface area contributed by atoms with Crippen molar-refractivity contribution < 1.29 is 11.0 Å². The summed E-state index contributed by atoms with van der Waals surface area (Å²) < 4.78 is 0. The van der Waals surface area contributed by atoms with Gasteiger partial charge in [-0.15, -0.1) is 0 Å². The predicted molar refractivity (Wildman–Crippen MR) is 148 cm³/mol. The Morgan fingerprint density at radius 2 is 1.31 bits per heavy atom. The first-order valence-corrected chi connectivity index (χ1v) is 14.8. The number of nitrogens with zero attached hydrogens (tertiary/aromatic N) is 1. The monoisotopic (exact) mass is 484 g/mol. The van der Waals surface area contributed by atoms with Gasteiger partial charge >= 0.3 is 0 Å². The van der Waals surface area contributed by atoms with Crippen LogP contribution in [0, 0.1) is 12.8 Å². The van der Waals surface area contributed by atoms with Crippen molar-refractivity contribution in [2.45, 2.75) is 142 Å². The van der Waals surface area contributed by atoms with E-state index in [0.717, 1.165) is 62.5 Å². The minimum absolute atomic E-state index is 0. The van der Waals surface area contributed by atoms with E-state index in [-0.39, 0.29) is 37.3 Å². The average Bonchev–Trinajstić information content (AvgIpc) is 3.19. The maximum absolute atomic E-state index is 14.2. The van der Waals surface area contributed by atoms with Crippen LogP contribution < -0.4 is 5.32 Å². The molecule has 0 aromatic heterocycles. The summed E-state index contributed by atoms with van der Waals surface area (Å²) in [7, 11) is 0. The molecule has 2 amide bonds. The van der Waals surface area contributed by atoms with Crippen molar-refractivity contribution in [3.8, 4) is 0 Å². The molecule has 0 radical (unpaired) electrons. The second-order valence-corrected chi connectivity index (χ2v) is 10.9. The van der Waals surface area contributed by atoms with Crippen molar-refractivity contribution in [1.82, 2.24) is 10.2 Å². The number of carbonyl (C=O) groups is 2. The van der Waals surface area contributed by atoms with Crippen LogP contribution in [-0.2, 0) is 4.79 Å². The number of aryl methyl sites for hydroxylation is 1. The zero-order chi connectivity index (χ0) is 25.0. The van der Waals surface area contributed by atoms with Gasteiger partial charge in [0.2, 0.25) is 5.91 Å². The minimum Gasteiger partial charge on any atom is -0.352 e. The number of hydrogen-bond donors (Lipinski definition) is 1. The maximum atomic E-state index is 14.2. The summed E-state index contributed by atoms with van der Waals surface area (Å²) in [5.74, 6) is 0.473. The Labute approximate surface area is 216 Å². The van der Waals surface area contributed by atoms with Gasteiger partial charge < -0.3 is 10.2 Å². The van der Waals surface area contributed by atoms with Gasteiger partial charge in [0, 0.05) is 19.1 Å². The molecule has 0 bridgehead atoms. The molecular formula is C31H52N2O2. The Bertz CT molecular complexity index is 779. The van der Waals surface area contributed by atoms with Crippen molar-refractivity contribution >= 4 is 11.8 Å². The molecular weight excluding hydrogens is 432 g/mol. The molecule has 35 heavy (non-hydrogen) atoms. The maximum Gasteiger partial charge on any atom is 0.255 e. The van der Waals surface area contributed by atoms with E-state index in [0.29, 0.717) is 0 Å². The van der Waals surface area contributed by atoms with Crippen molar-refractivity contribution in [2.24, 2.45) is 5.92 Å². The highest BCUT2D eigenvalue weighted by molar-refractivity contribution is 5.99. The molecule has 0 saturated heterocycles. The van der Waals surface area contributed by atoms with E-state index in [2.05, 4.69) is 10.2 Å². The summed E-state index contributed by atoms with van der Waals surface area (Å²) in [6.07, 6.45) is 18.4. The molecule has 3 saturated carbocycles. The SMILES string of the molecule is CC.Cc1ccccc1C(=O)N(C1CCCCC1)C(C(=O)NC1CCCCC1)C1CCCCCC1.[HH]. The molecule has 198 valence electrons. The Kier molecular flexibility index (Phi) is 11.6. The van der Waals surface area contributed by atoms with Crippen LogP contribution in [0.5, 0.6) is 0 Å². The van der Waals surface area contributed by atoms with Gasteiger partial charge in [-0.05, 0) is 63.0 Å². The molecule has 1 N–H and O–H groups in total. The average molecular weight is 485 g/mol. The van der Waals surface area contributed by atoms with Crippen LogP contribution >= 0.6 is 0 Å². The Morgan fingerprint density at radius 3 is 1.91 bits per heavy atom. The minimum atomic E-state index is -0.333. The fourth-order valence-corrected chi connectivity index (χ4v) is 6.56. The lowest BCUT2D eigenvalue weighted by atomic mass is 9.85. The number of amides is 2. The third-order valence-corrected chi connectivity index (χ3v) is 8.44. The molecule has 1 aromatic carbocycles. The summed E-state index contributed by atoms with van der Waals surface area (Å²) >= 11 is 0. The van der Waals surface area contributed by atoms with E-state index in [1.165, 1.54) is 51.4 Å². The van der Waals surface area contributed by atoms with Gasteiger partial charge in [-0.25, -0.2) is 0 Å². The van der Waals surface area contributed by atoms with Crippen LogP contribution in [0.3, 0.4) is 0 Å². The smallest absolute Gasteiger partial charge is 0.255 e. The zero-order valence-electron chi connectivity index (χ0n) is 22.7. The fraction of sp³-hybridized carbons (Fsp3) is 0.742. The second kappa shape index (κ2) is 14.7. The van der Waals surface area contributed by atoms with Crippen LogP contribution in [0.2, 0.25) is 0 Å². The molecule has 0 heterocycles. The van der Waals surface area contributed by atoms with Crippen molar-refractivity contribution in [3.63, 3.8) is 0 Å². The Hall–Kier alpha value is -1.84. The van der Waals surface area contributed by atoms with Crippen molar-refractivity contribution in [2.75, 3.05) is 0 Å². The van der Waals surface area contributed by atoms with Gasteiger partial charge in [-0.2, -0.15) is 0 Å². The Morgan fingerprint density at radius 1 is 0.800 bits per heavy atom. The molecule has 1 unspecified atom stereocenters. The molecule has 3 aliphatic rings. The Balaban J connectivity index is 0.00000148. The normalized spacial score (nSPS) is 21.2. The molecule has 0 aliphatic heterocycles. The molecule has 4 rings (SSSR count). The number of carbonyl (C=O) groups excluding carboxylic acids is 2. The fourth-order valence-electron chi connectivity index (χ4n) is 6.56. The van der Waals surface area contributed by atoms with Gasteiger partial charge in [0.05, 0.1) is 0 Å². The number of benzene rings is 1. The first kappa shape index (κ1) is 27.7. The predicted octanol–water partition coefficient (Wildman–Crippen LogP) is 7.83. The molecule has 4 heteroatoms. The lowest BCUT2D eigenvalue weighted by molar-refractivity contribution is -0.130. The van der Waals surface area contributed by atoms with Gasteiger partial charge in [0.25, 0.3) is 5.91 Å². The summed E-state index contributed by atoms with van der Waals surface area (Å²) in [6, 6.07) is 8.06. The van der Waals surface area contributed by atoms with Crippen molar-refractivity contribution in [1.29, 1.82) is 0 Å². The van der Waals surface area contributed by atoms with Crippen molar-refractivity contribution in [3.05, 3.63) is 35.4 Å². The van der Waals surface area contributed by atoms with Gasteiger partial charge in [0.1, 0.15) is 6.04 Å². The van der Waals surface area contributed by atoms with E-state index >= 15 is 0 Å². The standard InChI is InChI=1S/C29H44N2O2.C2H6.H2/c1-22-14-12-13-21-26(22)29(33)31(25-19-10-5-11-20-25)27(23-15-6-2-3-7-16-23)28(32)30-24-17-8-4-9-18-24;1-2;/h12-14,21,23-25,27H,2-11,15-20H2,1H3,(H,30,32);1-2H3;1H. The highest BCUT2D eigenvalue weighted by atomic mass is 16.2. The van der Waals surface area contributed by atoms with E-state index in [1.54, 1.807) is 0 Å². The molecule has 0 spiro atoms. The zero-order valence-corrected chi connectivity index (χ0v) is 22.7. The molecule has 4 nitrogen and oxygen atoms in total. The number of hydrogen-bond acceptors (Lipinski definition) is 2. The molecule has 3 fully saturated rings. The molecule has 1 atom stereocenters. The van der Waals surface area contributed by atoms with E-state index in [9.17, 15) is 9.59 Å². The van der Waals surface area contributed by atoms with Gasteiger partial charge in [-0.1, -0.05) is 96.3 Å². The molecule has 3 aliphatic carbocycles. The lowest BCUT2D eigenvalue weighted by Gasteiger charge is -2.43. The largest absolute Gasteiger partial charge is 0.352 e. The van der Waals surface area contributed by atoms with Gasteiger partial charge in [0.15, 0.2) is 0 Å². The number of nitrogens with one attached hydrogen (secondary N) is 1. The van der Waals surface area contributed by atoms with E-state index in [1.807, 2.05) is 45.0 Å². The van der Waals surface area contributed by atoms with Crippen LogP contribution in [0.4, 0.5) is 0 Å². The summed E-state index contributed by atoms with van der Waals surface area (Å²) in [6.45, 7) is 6.02. The summed E-state index contributed by atoms with van der Waals surface area (Å²) in [5, 5.41) is 3.44. The number of rotatable bonds is 6. The summed E-state index contributed by atoms with van der Waals surface area (Å²) in [5.41, 5.74) is 1.78. The second-order valence-electron chi connectivity index (χ2n) is 10.9. The van der Waals surface area contributed by atoms with Crippen LogP contribution in [0.1, 0.15) is 134 Å². The van der Waals surface area contributed by atoms with Crippen LogP contribution in [0.15, 0.2) is 24.3 Å². The lowest BCUT2D eigenvalue weighted by Crippen LogP contribution is -2.58. The third kappa shape index (κ3) is 7.57. The van der Waals surface area contributed by atoms with E-state index in [4.69, 9.17) is 0 Å². The van der Waals surface area contributed by atoms with Gasteiger partial charge in [-0.3, -0.25) is 9.59 Å². The third-order valence-electron chi connectivity index (χ3n) is 8.44. The first-order chi connectivity index (χ1) is 17.1. The van der Waals surface area contributed by atoms with E-state index < -0.39 is 0 Å². The highest BCUT2D eigenvalue weighted by Crippen LogP contribution is 2.34. The van der Waals surface area contributed by atoms with Crippen LogP contribution in [-0.4, -0.2) is 34.8 Å². The molecule has 1 aromatic rings. The summed E-state index contributed by atoms with van der Waals surface area (Å²) in [4.78, 5) is 30.3. The quantitative estimate of drug-likeness (QED) is 0.418.